The van der Waals surface area contributed by atoms with Gasteiger partial charge in [-0.15, -0.1) is 0 Å². The summed E-state index contributed by atoms with van der Waals surface area (Å²) in [6.45, 7) is 7.00. The number of ether oxygens (including phenoxy) is 1. The first kappa shape index (κ1) is 20.3. The molecule has 1 N–H and O–H groups in total. The molecule has 2 bridgehead atoms. The average molecular weight is 401 g/mol. The SMILES string of the molecule is CCOCCN1C[C@@H]2C[C@@H](C1)[C@H](CNC(=O)c1ccncc1)N1C(=O)CCC[C@@H]21. The second-order valence-corrected chi connectivity index (χ2v) is 8.49. The Hall–Kier alpha value is -1.99. The van der Waals surface area contributed by atoms with Gasteiger partial charge in [0.15, 0.2) is 0 Å². The summed E-state index contributed by atoms with van der Waals surface area (Å²) in [6, 6.07) is 3.82. The van der Waals surface area contributed by atoms with Crippen molar-refractivity contribution in [1.82, 2.24) is 20.1 Å². The Morgan fingerprint density at radius 2 is 2.07 bits per heavy atom. The van der Waals surface area contributed by atoms with Crippen molar-refractivity contribution in [1.29, 1.82) is 0 Å². The maximum Gasteiger partial charge on any atom is 0.251 e. The highest BCUT2D eigenvalue weighted by atomic mass is 16.5. The first-order valence-electron chi connectivity index (χ1n) is 11.0. The Bertz CT molecular complexity index is 713. The summed E-state index contributed by atoms with van der Waals surface area (Å²) >= 11 is 0. The fourth-order valence-corrected chi connectivity index (χ4v) is 5.46. The van der Waals surface area contributed by atoms with Crippen LogP contribution in [0, 0.1) is 11.8 Å². The molecule has 1 aromatic rings. The van der Waals surface area contributed by atoms with E-state index >= 15 is 0 Å². The maximum absolute atomic E-state index is 12.8. The number of amides is 2. The molecule has 0 saturated carbocycles. The van der Waals surface area contributed by atoms with E-state index in [4.69, 9.17) is 4.74 Å². The first-order valence-corrected chi connectivity index (χ1v) is 11.0. The highest BCUT2D eigenvalue weighted by molar-refractivity contribution is 5.94. The van der Waals surface area contributed by atoms with Crippen LogP contribution >= 0.6 is 0 Å². The smallest absolute Gasteiger partial charge is 0.251 e. The zero-order chi connectivity index (χ0) is 20.2. The molecular weight excluding hydrogens is 368 g/mol. The highest BCUT2D eigenvalue weighted by Crippen LogP contribution is 2.41. The molecule has 3 aliphatic heterocycles. The summed E-state index contributed by atoms with van der Waals surface area (Å²) in [5.74, 6) is 1.10. The Balaban J connectivity index is 1.47. The van der Waals surface area contributed by atoms with E-state index in [0.717, 1.165) is 52.1 Å². The van der Waals surface area contributed by atoms with Gasteiger partial charge in [0, 0.05) is 63.2 Å². The molecule has 0 aliphatic carbocycles. The lowest BCUT2D eigenvalue weighted by Crippen LogP contribution is -2.67. The number of pyridine rings is 1. The fraction of sp³-hybridized carbons (Fsp3) is 0.682. The lowest BCUT2D eigenvalue weighted by Gasteiger charge is -2.56. The van der Waals surface area contributed by atoms with Crippen LogP contribution in [0.2, 0.25) is 0 Å². The molecule has 3 aliphatic rings. The zero-order valence-electron chi connectivity index (χ0n) is 17.3. The quantitative estimate of drug-likeness (QED) is 0.703. The molecule has 1 aromatic heterocycles. The number of piperidine rings is 3. The topological polar surface area (TPSA) is 74.8 Å². The molecule has 29 heavy (non-hydrogen) atoms. The van der Waals surface area contributed by atoms with Crippen molar-refractivity contribution in [2.24, 2.45) is 11.8 Å². The number of nitrogens with zero attached hydrogens (tertiary/aromatic N) is 3. The van der Waals surface area contributed by atoms with Gasteiger partial charge in [-0.2, -0.15) is 0 Å². The van der Waals surface area contributed by atoms with Gasteiger partial charge in [0.1, 0.15) is 0 Å². The summed E-state index contributed by atoms with van der Waals surface area (Å²) < 4.78 is 5.57. The molecule has 3 fully saturated rings. The van der Waals surface area contributed by atoms with Crippen molar-refractivity contribution in [3.8, 4) is 0 Å². The van der Waals surface area contributed by atoms with E-state index in [1.54, 1.807) is 24.5 Å². The van der Waals surface area contributed by atoms with Crippen LogP contribution in [0.25, 0.3) is 0 Å². The summed E-state index contributed by atoms with van der Waals surface area (Å²) in [6.07, 6.45) is 7.10. The average Bonchev–Trinajstić information content (AvgIpc) is 2.75. The van der Waals surface area contributed by atoms with Crippen molar-refractivity contribution >= 4 is 11.8 Å². The van der Waals surface area contributed by atoms with Crippen molar-refractivity contribution in [2.75, 3.05) is 39.4 Å². The van der Waals surface area contributed by atoms with Gasteiger partial charge in [0.25, 0.3) is 5.91 Å². The van der Waals surface area contributed by atoms with E-state index < -0.39 is 0 Å². The summed E-state index contributed by atoms with van der Waals surface area (Å²) in [5.41, 5.74) is 0.609. The van der Waals surface area contributed by atoms with Crippen LogP contribution in [-0.4, -0.2) is 78.1 Å². The second-order valence-electron chi connectivity index (χ2n) is 8.49. The molecule has 4 heterocycles. The van der Waals surface area contributed by atoms with Crippen molar-refractivity contribution in [2.45, 2.75) is 44.7 Å². The molecule has 7 heteroatoms. The molecule has 7 nitrogen and oxygen atoms in total. The lowest BCUT2D eigenvalue weighted by molar-refractivity contribution is -0.152. The number of nitrogens with one attached hydrogen (secondary N) is 1. The van der Waals surface area contributed by atoms with Gasteiger partial charge in [0.05, 0.1) is 12.6 Å². The standard InChI is InChI=1S/C22H32N4O3/c1-2-29-11-10-25-14-17-12-18(15-25)20(26-19(17)4-3-5-21(26)27)13-24-22(28)16-6-8-23-9-7-16/h6-9,17-20H,2-5,10-15H2,1H3,(H,24,28)/t17-,18-,19-,20-/m0/s1. The van der Waals surface area contributed by atoms with Crippen LogP contribution in [0.1, 0.15) is 43.0 Å². The Labute approximate surface area is 172 Å². The Kier molecular flexibility index (Phi) is 6.45. The molecule has 0 spiro atoms. The number of rotatable bonds is 7. The number of carbonyl (C=O) groups excluding carboxylic acids is 2. The van der Waals surface area contributed by atoms with Crippen molar-refractivity contribution in [3.05, 3.63) is 30.1 Å². The third-order valence-electron chi connectivity index (χ3n) is 6.74. The van der Waals surface area contributed by atoms with Gasteiger partial charge in [-0.05, 0) is 50.2 Å². The highest BCUT2D eigenvalue weighted by Gasteiger charge is 2.49. The van der Waals surface area contributed by atoms with Crippen LogP contribution < -0.4 is 5.32 Å². The predicted octanol–water partition coefficient (Wildman–Crippen LogP) is 1.55. The third kappa shape index (κ3) is 4.46. The normalized spacial score (nSPS) is 29.4. The van der Waals surface area contributed by atoms with Crippen molar-refractivity contribution < 1.29 is 14.3 Å². The van der Waals surface area contributed by atoms with Gasteiger partial charge in [-0.3, -0.25) is 14.6 Å². The van der Waals surface area contributed by atoms with E-state index in [1.165, 1.54) is 0 Å². The minimum atomic E-state index is -0.0976. The predicted molar refractivity (Wildman–Crippen MR) is 109 cm³/mol. The van der Waals surface area contributed by atoms with Gasteiger partial charge in [-0.1, -0.05) is 0 Å². The van der Waals surface area contributed by atoms with Gasteiger partial charge in [0.2, 0.25) is 5.91 Å². The van der Waals surface area contributed by atoms with Gasteiger partial charge < -0.3 is 19.9 Å². The summed E-state index contributed by atoms with van der Waals surface area (Å²) in [4.78, 5) is 34.0. The van der Waals surface area contributed by atoms with Crippen LogP contribution in [0.4, 0.5) is 0 Å². The molecule has 0 radical (unpaired) electrons. The third-order valence-corrected chi connectivity index (χ3v) is 6.74. The number of hydrogen-bond acceptors (Lipinski definition) is 5. The number of fused-ring (bicyclic) bond motifs is 4. The molecule has 4 rings (SSSR count). The minimum Gasteiger partial charge on any atom is -0.380 e. The molecule has 158 valence electrons. The summed E-state index contributed by atoms with van der Waals surface area (Å²) in [5, 5.41) is 3.09. The lowest BCUT2D eigenvalue weighted by atomic mass is 9.72. The number of carbonyl (C=O) groups is 2. The fourth-order valence-electron chi connectivity index (χ4n) is 5.46. The number of hydrogen-bond donors (Lipinski definition) is 1. The number of likely N-dealkylation sites (tertiary alicyclic amines) is 1. The van der Waals surface area contributed by atoms with E-state index in [-0.39, 0.29) is 17.9 Å². The number of aromatic nitrogens is 1. The largest absolute Gasteiger partial charge is 0.380 e. The maximum atomic E-state index is 12.8. The zero-order valence-corrected chi connectivity index (χ0v) is 17.3. The van der Waals surface area contributed by atoms with E-state index in [9.17, 15) is 9.59 Å². The molecule has 3 saturated heterocycles. The Morgan fingerprint density at radius 1 is 1.28 bits per heavy atom. The van der Waals surface area contributed by atoms with E-state index in [0.29, 0.717) is 36.4 Å². The van der Waals surface area contributed by atoms with Gasteiger partial charge >= 0.3 is 0 Å². The molecule has 2 amide bonds. The van der Waals surface area contributed by atoms with Crippen LogP contribution in [-0.2, 0) is 9.53 Å². The van der Waals surface area contributed by atoms with Crippen LogP contribution in [0.5, 0.6) is 0 Å². The van der Waals surface area contributed by atoms with Gasteiger partial charge in [-0.25, -0.2) is 0 Å². The molecule has 0 aromatic carbocycles. The second kappa shape index (κ2) is 9.22. The van der Waals surface area contributed by atoms with Crippen LogP contribution in [0.3, 0.4) is 0 Å². The Morgan fingerprint density at radius 3 is 2.86 bits per heavy atom. The first-order chi connectivity index (χ1) is 14.2. The minimum absolute atomic E-state index is 0.0738. The molecular formula is C22H32N4O3. The monoisotopic (exact) mass is 400 g/mol. The molecule has 4 atom stereocenters. The summed E-state index contributed by atoms with van der Waals surface area (Å²) in [7, 11) is 0. The van der Waals surface area contributed by atoms with E-state index in [1.807, 2.05) is 6.92 Å². The van der Waals surface area contributed by atoms with E-state index in [2.05, 4.69) is 20.1 Å². The van der Waals surface area contributed by atoms with Crippen LogP contribution in [0.15, 0.2) is 24.5 Å². The van der Waals surface area contributed by atoms with Crippen molar-refractivity contribution in [3.63, 3.8) is 0 Å². The molecule has 0 unspecified atom stereocenters.